The first-order valence-corrected chi connectivity index (χ1v) is 9.50. The molecule has 0 radical (unpaired) electrons. The molecule has 3 N–H and O–H groups in total. The molecule has 2 aliphatic rings. The van der Waals surface area contributed by atoms with E-state index in [0.29, 0.717) is 11.3 Å². The molecule has 1 fully saturated rings. The maximum atomic E-state index is 12.7. The smallest absolute Gasteiger partial charge is 0.322 e. The van der Waals surface area contributed by atoms with Crippen molar-refractivity contribution >= 4 is 34.9 Å². The zero-order chi connectivity index (χ0) is 18.3. The van der Waals surface area contributed by atoms with Crippen molar-refractivity contribution in [3.8, 4) is 0 Å². The minimum atomic E-state index is -1.14. The molecule has 4 amide bonds. The number of fused-ring (bicyclic) bond motifs is 1. The van der Waals surface area contributed by atoms with Gasteiger partial charge in [-0.3, -0.25) is 14.9 Å². The number of urea groups is 1. The number of aryl methyl sites for hydroxylation is 1. The first-order chi connectivity index (χ1) is 12.5. The summed E-state index contributed by atoms with van der Waals surface area (Å²) in [6.45, 7) is 1.64. The Kier molecular flexibility index (Phi) is 4.03. The first kappa shape index (κ1) is 16.8. The van der Waals surface area contributed by atoms with Gasteiger partial charge in [-0.25, -0.2) is 4.79 Å². The molecular weight excluding hydrogens is 350 g/mol. The first-order valence-electron chi connectivity index (χ1n) is 8.62. The molecular formula is C19H19N3O3S. The van der Waals surface area contributed by atoms with Gasteiger partial charge in [-0.15, -0.1) is 11.3 Å². The van der Waals surface area contributed by atoms with Crippen LogP contribution in [0.3, 0.4) is 0 Å². The van der Waals surface area contributed by atoms with Crippen molar-refractivity contribution in [2.45, 2.75) is 38.1 Å². The van der Waals surface area contributed by atoms with E-state index in [2.05, 4.69) is 16.0 Å². The molecule has 1 aromatic carbocycles. The van der Waals surface area contributed by atoms with Crippen LogP contribution in [-0.4, -0.2) is 17.8 Å². The lowest BCUT2D eigenvalue weighted by Gasteiger charge is -2.21. The third-order valence-corrected chi connectivity index (χ3v) is 6.14. The van der Waals surface area contributed by atoms with Crippen LogP contribution >= 0.6 is 11.3 Å². The van der Waals surface area contributed by atoms with Crippen molar-refractivity contribution in [3.05, 3.63) is 51.2 Å². The summed E-state index contributed by atoms with van der Waals surface area (Å²) in [5.41, 5.74) is 1.99. The number of benzene rings is 1. The average molecular weight is 369 g/mol. The van der Waals surface area contributed by atoms with Crippen molar-refractivity contribution in [3.63, 3.8) is 0 Å². The molecule has 1 atom stereocenters. The Morgan fingerprint density at radius 3 is 2.81 bits per heavy atom. The van der Waals surface area contributed by atoms with Crippen LogP contribution in [0.25, 0.3) is 0 Å². The van der Waals surface area contributed by atoms with E-state index in [1.807, 2.05) is 5.38 Å². The van der Waals surface area contributed by atoms with Crippen LogP contribution in [0.2, 0.25) is 0 Å². The van der Waals surface area contributed by atoms with Crippen molar-refractivity contribution < 1.29 is 14.4 Å². The lowest BCUT2D eigenvalue weighted by atomic mass is 9.92. The third-order valence-electron chi connectivity index (χ3n) is 5.05. The fourth-order valence-electron chi connectivity index (χ4n) is 3.54. The van der Waals surface area contributed by atoms with Crippen molar-refractivity contribution in [1.82, 2.24) is 10.6 Å². The summed E-state index contributed by atoms with van der Waals surface area (Å²) in [7, 11) is 0. The molecule has 1 aliphatic heterocycles. The van der Waals surface area contributed by atoms with Gasteiger partial charge < -0.3 is 10.6 Å². The monoisotopic (exact) mass is 369 g/mol. The number of anilines is 1. The third kappa shape index (κ3) is 2.78. The Morgan fingerprint density at radius 1 is 1.23 bits per heavy atom. The van der Waals surface area contributed by atoms with E-state index >= 15 is 0 Å². The van der Waals surface area contributed by atoms with E-state index in [4.69, 9.17) is 0 Å². The molecule has 2 aromatic rings. The van der Waals surface area contributed by atoms with Gasteiger partial charge in [0.25, 0.3) is 11.8 Å². The number of nitrogens with one attached hydrogen (secondary N) is 3. The van der Waals surface area contributed by atoms with E-state index in [1.54, 1.807) is 42.5 Å². The number of carbonyl (C=O) groups is 3. The van der Waals surface area contributed by atoms with E-state index in [-0.39, 0.29) is 5.91 Å². The Hall–Kier alpha value is -2.67. The van der Waals surface area contributed by atoms with Gasteiger partial charge in [-0.05, 0) is 55.9 Å². The predicted molar refractivity (Wildman–Crippen MR) is 99.4 cm³/mol. The van der Waals surface area contributed by atoms with Crippen molar-refractivity contribution in [2.75, 3.05) is 5.32 Å². The van der Waals surface area contributed by atoms with E-state index in [9.17, 15) is 14.4 Å². The highest BCUT2D eigenvalue weighted by Gasteiger charge is 2.43. The minimum Gasteiger partial charge on any atom is -0.322 e. The standard InChI is InChI=1S/C19H19N3O3S/c1-19(17(24)21-18(25)22-19)11-5-4-6-12(9-11)20-16(23)14-10-26-15-8-3-2-7-13(14)15/h4-6,9-10H,2-3,7-8H2,1H3,(H,20,23)(H2,21,22,24,25)/t19-/m1/s1. The number of hydrogen-bond donors (Lipinski definition) is 3. The SMILES string of the molecule is C[C@]1(c2cccc(NC(=O)c3csc4c3CCCC4)c2)NC(=O)NC1=O. The summed E-state index contributed by atoms with van der Waals surface area (Å²) in [6.07, 6.45) is 4.30. The zero-order valence-electron chi connectivity index (χ0n) is 14.3. The molecule has 1 saturated heterocycles. The second-order valence-corrected chi connectivity index (χ2v) is 7.79. The fourth-order valence-corrected chi connectivity index (χ4v) is 4.66. The molecule has 0 saturated carbocycles. The van der Waals surface area contributed by atoms with Crippen LogP contribution in [-0.2, 0) is 23.2 Å². The van der Waals surface area contributed by atoms with Crippen molar-refractivity contribution in [1.29, 1.82) is 0 Å². The topological polar surface area (TPSA) is 87.3 Å². The van der Waals surface area contributed by atoms with E-state index < -0.39 is 17.5 Å². The minimum absolute atomic E-state index is 0.133. The maximum Gasteiger partial charge on any atom is 0.322 e. The summed E-state index contributed by atoms with van der Waals surface area (Å²) in [4.78, 5) is 37.6. The quantitative estimate of drug-likeness (QED) is 0.727. The highest BCUT2D eigenvalue weighted by Crippen LogP contribution is 2.31. The van der Waals surface area contributed by atoms with Gasteiger partial charge in [-0.1, -0.05) is 12.1 Å². The summed E-state index contributed by atoms with van der Waals surface area (Å²) in [5.74, 6) is -0.538. The number of amides is 4. The van der Waals surface area contributed by atoms with Gasteiger partial charge >= 0.3 is 6.03 Å². The number of thiophene rings is 1. The number of rotatable bonds is 3. The molecule has 1 aromatic heterocycles. The lowest BCUT2D eigenvalue weighted by Crippen LogP contribution is -2.40. The summed E-state index contributed by atoms with van der Waals surface area (Å²) >= 11 is 1.65. The van der Waals surface area contributed by atoms with Gasteiger partial charge in [0, 0.05) is 15.9 Å². The molecule has 0 bridgehead atoms. The van der Waals surface area contributed by atoms with Gasteiger partial charge in [0.05, 0.1) is 5.56 Å². The highest BCUT2D eigenvalue weighted by atomic mass is 32.1. The lowest BCUT2D eigenvalue weighted by molar-refractivity contribution is -0.123. The highest BCUT2D eigenvalue weighted by molar-refractivity contribution is 7.10. The normalized spacial score (nSPS) is 21.7. The van der Waals surface area contributed by atoms with Crippen LogP contribution < -0.4 is 16.0 Å². The number of hydrogen-bond acceptors (Lipinski definition) is 4. The predicted octanol–water partition coefficient (Wildman–Crippen LogP) is 2.93. The van der Waals surface area contributed by atoms with Crippen LogP contribution in [0.5, 0.6) is 0 Å². The molecule has 0 unspecified atom stereocenters. The molecule has 7 heteroatoms. The molecule has 134 valence electrons. The second-order valence-electron chi connectivity index (χ2n) is 6.83. The summed E-state index contributed by atoms with van der Waals surface area (Å²) in [6, 6.07) is 6.50. The molecule has 6 nitrogen and oxygen atoms in total. The van der Waals surface area contributed by atoms with Crippen LogP contribution in [0.15, 0.2) is 29.6 Å². The van der Waals surface area contributed by atoms with Crippen LogP contribution in [0.4, 0.5) is 10.5 Å². The van der Waals surface area contributed by atoms with Gasteiger partial charge in [0.15, 0.2) is 0 Å². The van der Waals surface area contributed by atoms with Crippen LogP contribution in [0.1, 0.15) is 46.1 Å². The summed E-state index contributed by atoms with van der Waals surface area (Å²) in [5, 5.41) is 9.74. The summed E-state index contributed by atoms with van der Waals surface area (Å²) < 4.78 is 0. The largest absolute Gasteiger partial charge is 0.322 e. The maximum absolute atomic E-state index is 12.7. The van der Waals surface area contributed by atoms with Gasteiger partial charge in [0.1, 0.15) is 5.54 Å². The Morgan fingerprint density at radius 2 is 2.04 bits per heavy atom. The Labute approximate surface area is 155 Å². The number of imide groups is 1. The molecule has 26 heavy (non-hydrogen) atoms. The Balaban J connectivity index is 1.58. The fraction of sp³-hybridized carbons (Fsp3) is 0.316. The second kappa shape index (κ2) is 6.25. The Bertz CT molecular complexity index is 921. The van der Waals surface area contributed by atoms with Gasteiger partial charge in [0.2, 0.25) is 0 Å². The van der Waals surface area contributed by atoms with Crippen molar-refractivity contribution in [2.24, 2.45) is 0 Å². The van der Waals surface area contributed by atoms with Gasteiger partial charge in [-0.2, -0.15) is 0 Å². The number of carbonyl (C=O) groups excluding carboxylic acids is 3. The average Bonchev–Trinajstić information content (AvgIpc) is 3.16. The molecule has 2 heterocycles. The van der Waals surface area contributed by atoms with E-state index in [1.165, 1.54) is 16.9 Å². The van der Waals surface area contributed by atoms with E-state index in [0.717, 1.165) is 24.8 Å². The molecule has 1 aliphatic carbocycles. The van der Waals surface area contributed by atoms with Crippen LogP contribution in [0, 0.1) is 0 Å². The molecule has 4 rings (SSSR count). The molecule has 0 spiro atoms. The zero-order valence-corrected chi connectivity index (χ0v) is 15.2.